The van der Waals surface area contributed by atoms with Crippen molar-refractivity contribution in [2.75, 3.05) is 41.1 Å². The van der Waals surface area contributed by atoms with Crippen LogP contribution in [0.1, 0.15) is 22.8 Å². The molecule has 0 aromatic heterocycles. The summed E-state index contributed by atoms with van der Waals surface area (Å²) in [5.41, 5.74) is 2.96. The van der Waals surface area contributed by atoms with E-state index in [1.807, 2.05) is 6.07 Å². The Labute approximate surface area is 176 Å². The van der Waals surface area contributed by atoms with Crippen LogP contribution >= 0.6 is 0 Å². The van der Waals surface area contributed by atoms with E-state index in [4.69, 9.17) is 0 Å². The van der Waals surface area contributed by atoms with E-state index in [0.29, 0.717) is 18.7 Å². The van der Waals surface area contributed by atoms with Crippen molar-refractivity contribution in [3.05, 3.63) is 59.7 Å². The Bertz CT molecular complexity index is 1090. The van der Waals surface area contributed by atoms with Gasteiger partial charge in [-0.2, -0.15) is 0 Å². The van der Waals surface area contributed by atoms with Crippen LogP contribution in [0.2, 0.25) is 0 Å². The lowest BCUT2D eigenvalue weighted by atomic mass is 10.1. The molecule has 158 valence electrons. The number of amides is 2. The summed E-state index contributed by atoms with van der Waals surface area (Å²) in [4.78, 5) is 29.4. The van der Waals surface area contributed by atoms with Gasteiger partial charge in [-0.15, -0.1) is 0 Å². The lowest BCUT2D eigenvalue weighted by Gasteiger charge is -2.36. The van der Waals surface area contributed by atoms with E-state index >= 15 is 0 Å². The van der Waals surface area contributed by atoms with Crippen LogP contribution in [0.15, 0.2) is 48.5 Å². The van der Waals surface area contributed by atoms with Crippen LogP contribution < -0.4 is 9.21 Å². The van der Waals surface area contributed by atoms with Gasteiger partial charge in [0.25, 0.3) is 5.91 Å². The Hall–Kier alpha value is -2.87. The summed E-state index contributed by atoms with van der Waals surface area (Å²) in [6.07, 6.45) is 0. The largest absolute Gasteiger partial charge is 0.368 e. The molecule has 2 amide bonds. The summed E-state index contributed by atoms with van der Waals surface area (Å²) in [6.45, 7) is 6.27. The third-order valence-electron chi connectivity index (χ3n) is 5.62. The summed E-state index contributed by atoms with van der Waals surface area (Å²) >= 11 is 0. The molecule has 2 saturated heterocycles. The average molecular weight is 428 g/mol. The average Bonchev–Trinajstić information content (AvgIpc) is 2.94. The number of aryl methyl sites for hydroxylation is 1. The van der Waals surface area contributed by atoms with Gasteiger partial charge in [-0.1, -0.05) is 25.1 Å². The van der Waals surface area contributed by atoms with Crippen LogP contribution in [-0.2, 0) is 14.8 Å². The highest BCUT2D eigenvalue weighted by Crippen LogP contribution is 2.29. The smallest absolute Gasteiger partial charge is 0.254 e. The van der Waals surface area contributed by atoms with Gasteiger partial charge < -0.3 is 9.80 Å². The van der Waals surface area contributed by atoms with Gasteiger partial charge in [-0.3, -0.25) is 9.59 Å². The monoisotopic (exact) mass is 427 g/mol. The molecule has 2 aliphatic heterocycles. The lowest BCUT2D eigenvalue weighted by Crippen LogP contribution is -2.48. The van der Waals surface area contributed by atoms with Gasteiger partial charge in [-0.05, 0) is 42.8 Å². The third kappa shape index (κ3) is 3.79. The third-order valence-corrected chi connectivity index (χ3v) is 7.49. The van der Waals surface area contributed by atoms with Gasteiger partial charge in [0.1, 0.15) is 0 Å². The molecule has 30 heavy (non-hydrogen) atoms. The SMILES string of the molecule is Cc1cccc(N2CCN(C(=O)c3cccc(N4C(=O)[C@@H](C)CS4(=O)=O)c3)CC2)c1. The minimum absolute atomic E-state index is 0.155. The molecule has 2 aromatic carbocycles. The molecule has 0 saturated carbocycles. The molecule has 0 N–H and O–H groups in total. The van der Waals surface area contributed by atoms with Crippen molar-refractivity contribution in [1.29, 1.82) is 0 Å². The molecule has 2 aromatic rings. The number of carbonyl (C=O) groups excluding carboxylic acids is 2. The number of nitrogens with zero attached hydrogens (tertiary/aromatic N) is 3. The number of sulfonamides is 1. The van der Waals surface area contributed by atoms with E-state index in [2.05, 4.69) is 30.0 Å². The fourth-order valence-electron chi connectivity index (χ4n) is 4.03. The molecule has 0 bridgehead atoms. The van der Waals surface area contributed by atoms with Crippen molar-refractivity contribution >= 4 is 33.2 Å². The fraction of sp³-hybridized carbons (Fsp3) is 0.364. The van der Waals surface area contributed by atoms with E-state index in [-0.39, 0.29) is 17.3 Å². The molecule has 0 spiro atoms. The molecule has 0 unspecified atom stereocenters. The molecule has 2 heterocycles. The highest BCUT2D eigenvalue weighted by Gasteiger charge is 2.42. The fourth-order valence-corrected chi connectivity index (χ4v) is 5.84. The molecule has 0 radical (unpaired) electrons. The minimum Gasteiger partial charge on any atom is -0.368 e. The van der Waals surface area contributed by atoms with Crippen LogP contribution in [0, 0.1) is 12.8 Å². The first-order valence-corrected chi connectivity index (χ1v) is 11.6. The maximum absolute atomic E-state index is 13.0. The molecule has 4 rings (SSSR count). The van der Waals surface area contributed by atoms with Gasteiger partial charge in [-0.25, -0.2) is 12.7 Å². The Morgan fingerprint density at radius 3 is 2.27 bits per heavy atom. The molecule has 2 aliphatic rings. The molecule has 2 fully saturated rings. The van der Waals surface area contributed by atoms with Crippen molar-refractivity contribution in [3.8, 4) is 0 Å². The molecule has 8 heteroatoms. The molecule has 7 nitrogen and oxygen atoms in total. The zero-order valence-electron chi connectivity index (χ0n) is 17.1. The second-order valence-electron chi connectivity index (χ2n) is 7.95. The van der Waals surface area contributed by atoms with Crippen LogP contribution in [0.3, 0.4) is 0 Å². The number of anilines is 2. The first-order chi connectivity index (χ1) is 14.3. The molecular weight excluding hydrogens is 402 g/mol. The number of piperazine rings is 1. The zero-order chi connectivity index (χ0) is 21.5. The van der Waals surface area contributed by atoms with Crippen molar-refractivity contribution in [3.63, 3.8) is 0 Å². The molecular formula is C22H25N3O4S. The number of hydrogen-bond donors (Lipinski definition) is 0. The Balaban J connectivity index is 1.49. The summed E-state index contributed by atoms with van der Waals surface area (Å²) in [5.74, 6) is -1.39. The first-order valence-electron chi connectivity index (χ1n) is 10.0. The van der Waals surface area contributed by atoms with E-state index in [0.717, 1.165) is 23.1 Å². The van der Waals surface area contributed by atoms with Gasteiger partial charge in [0.2, 0.25) is 15.9 Å². The highest BCUT2D eigenvalue weighted by atomic mass is 32.2. The molecule has 0 aliphatic carbocycles. The predicted molar refractivity (Wildman–Crippen MR) is 116 cm³/mol. The van der Waals surface area contributed by atoms with Crippen molar-refractivity contribution in [1.82, 2.24) is 4.90 Å². The molecule has 1 atom stereocenters. The summed E-state index contributed by atoms with van der Waals surface area (Å²) in [5, 5.41) is 0. The summed E-state index contributed by atoms with van der Waals surface area (Å²) in [6, 6.07) is 14.6. The van der Waals surface area contributed by atoms with Gasteiger partial charge >= 0.3 is 0 Å². The highest BCUT2D eigenvalue weighted by molar-refractivity contribution is 7.94. The standard InChI is InChI=1S/C22H25N3O4S/c1-16-5-3-7-19(13-16)23-9-11-24(12-10-23)22(27)18-6-4-8-20(14-18)25-21(26)17(2)15-30(25,28)29/h3-8,13-14,17H,9-12,15H2,1-2H3/t17-/m0/s1. The van der Waals surface area contributed by atoms with Crippen molar-refractivity contribution in [2.24, 2.45) is 5.92 Å². The van der Waals surface area contributed by atoms with Crippen molar-refractivity contribution < 1.29 is 18.0 Å². The number of rotatable bonds is 3. The number of hydrogen-bond acceptors (Lipinski definition) is 5. The van der Waals surface area contributed by atoms with Crippen LogP contribution in [0.4, 0.5) is 11.4 Å². The van der Waals surface area contributed by atoms with Gasteiger partial charge in [0, 0.05) is 37.4 Å². The zero-order valence-corrected chi connectivity index (χ0v) is 17.9. The summed E-state index contributed by atoms with van der Waals surface area (Å²) < 4.78 is 25.6. The number of carbonyl (C=O) groups is 2. The maximum atomic E-state index is 13.0. The minimum atomic E-state index is -3.70. The maximum Gasteiger partial charge on any atom is 0.254 e. The second kappa shape index (κ2) is 7.75. The topological polar surface area (TPSA) is 78.0 Å². The Kier molecular flexibility index (Phi) is 5.27. The summed E-state index contributed by atoms with van der Waals surface area (Å²) in [7, 11) is -3.70. The van der Waals surface area contributed by atoms with Crippen LogP contribution in [0.5, 0.6) is 0 Å². The van der Waals surface area contributed by atoms with Crippen molar-refractivity contribution in [2.45, 2.75) is 13.8 Å². The van der Waals surface area contributed by atoms with E-state index in [9.17, 15) is 18.0 Å². The quantitative estimate of drug-likeness (QED) is 0.751. The predicted octanol–water partition coefficient (Wildman–Crippen LogP) is 2.27. The van der Waals surface area contributed by atoms with E-state index in [1.54, 1.807) is 30.0 Å². The first kappa shape index (κ1) is 20.4. The van der Waals surface area contributed by atoms with Crippen LogP contribution in [0.25, 0.3) is 0 Å². The normalized spacial score (nSPS) is 21.2. The van der Waals surface area contributed by atoms with Crippen LogP contribution in [-0.4, -0.2) is 57.1 Å². The lowest BCUT2D eigenvalue weighted by molar-refractivity contribution is -0.119. The number of benzene rings is 2. The van der Waals surface area contributed by atoms with E-state index in [1.165, 1.54) is 11.6 Å². The van der Waals surface area contributed by atoms with E-state index < -0.39 is 21.8 Å². The Morgan fingerprint density at radius 1 is 0.967 bits per heavy atom. The van der Waals surface area contributed by atoms with Gasteiger partial charge in [0.05, 0.1) is 17.4 Å². The second-order valence-corrected chi connectivity index (χ2v) is 9.81. The van der Waals surface area contributed by atoms with Gasteiger partial charge in [0.15, 0.2) is 0 Å². The Morgan fingerprint density at radius 2 is 1.63 bits per heavy atom.